The second-order valence-electron chi connectivity index (χ2n) is 3.31. The van der Waals surface area contributed by atoms with Crippen LogP contribution in [0.2, 0.25) is 0 Å². The topological polar surface area (TPSA) is 23.6 Å². The maximum atomic E-state index is 11.5. The molecule has 0 saturated carbocycles. The van der Waals surface area contributed by atoms with Crippen LogP contribution in [-0.2, 0) is 0 Å². The largest absolute Gasteiger partial charge is 0.325 e. The molecule has 0 spiro atoms. The van der Waals surface area contributed by atoms with Gasteiger partial charge in [0.05, 0.1) is 6.04 Å². The predicted molar refractivity (Wildman–Crippen MR) is 52.8 cm³/mol. The fraction of sp³-hybridized carbons (Fsp3) is 0.444. The van der Waals surface area contributed by atoms with E-state index < -0.39 is 0 Å². The summed E-state index contributed by atoms with van der Waals surface area (Å²) in [4.78, 5) is 16.3. The summed E-state index contributed by atoms with van der Waals surface area (Å²) in [5.74, 6) is 0. The Kier molecular flexibility index (Phi) is 2.00. The van der Waals surface area contributed by atoms with Crippen molar-refractivity contribution in [1.82, 2.24) is 9.80 Å². The highest BCUT2D eigenvalue weighted by Crippen LogP contribution is 2.29. The molecule has 2 heterocycles. The zero-order chi connectivity index (χ0) is 9.42. The summed E-state index contributed by atoms with van der Waals surface area (Å²) in [6.07, 6.45) is 0. The number of thiophene rings is 1. The van der Waals surface area contributed by atoms with Gasteiger partial charge in [-0.1, -0.05) is 6.07 Å². The Hall–Kier alpha value is -1.03. The highest BCUT2D eigenvalue weighted by molar-refractivity contribution is 7.10. The van der Waals surface area contributed by atoms with E-state index in [1.807, 2.05) is 25.5 Å². The minimum Gasteiger partial charge on any atom is -0.325 e. The molecule has 0 N–H and O–H groups in total. The van der Waals surface area contributed by atoms with E-state index in [-0.39, 0.29) is 12.1 Å². The average Bonchev–Trinajstić information content (AvgIpc) is 2.70. The third-order valence-electron chi connectivity index (χ3n) is 2.41. The van der Waals surface area contributed by atoms with Gasteiger partial charge in [-0.05, 0) is 11.4 Å². The average molecular weight is 196 g/mol. The minimum absolute atomic E-state index is 0.110. The SMILES string of the molecule is CN1CC(c2cccs2)N(C)C1=O. The lowest BCUT2D eigenvalue weighted by molar-refractivity contribution is 0.201. The van der Waals surface area contributed by atoms with Crippen LogP contribution in [0.1, 0.15) is 10.9 Å². The maximum absolute atomic E-state index is 11.5. The zero-order valence-corrected chi connectivity index (χ0v) is 8.54. The van der Waals surface area contributed by atoms with Crippen LogP contribution in [0.3, 0.4) is 0 Å². The van der Waals surface area contributed by atoms with Gasteiger partial charge in [-0.2, -0.15) is 0 Å². The second kappa shape index (κ2) is 3.03. The van der Waals surface area contributed by atoms with Gasteiger partial charge in [0.15, 0.2) is 0 Å². The van der Waals surface area contributed by atoms with Gasteiger partial charge in [0.2, 0.25) is 0 Å². The predicted octanol–water partition coefficient (Wildman–Crippen LogP) is 1.79. The first kappa shape index (κ1) is 8.56. The lowest BCUT2D eigenvalue weighted by Crippen LogP contribution is -2.26. The molecule has 1 aromatic heterocycles. The van der Waals surface area contributed by atoms with E-state index in [0.29, 0.717) is 0 Å². The van der Waals surface area contributed by atoms with E-state index in [4.69, 9.17) is 0 Å². The smallest absolute Gasteiger partial charge is 0.320 e. The van der Waals surface area contributed by atoms with E-state index in [0.717, 1.165) is 6.54 Å². The van der Waals surface area contributed by atoms with Gasteiger partial charge in [-0.25, -0.2) is 4.79 Å². The number of carbonyl (C=O) groups excluding carboxylic acids is 1. The summed E-state index contributed by atoms with van der Waals surface area (Å²) in [6.45, 7) is 0.801. The van der Waals surface area contributed by atoms with Gasteiger partial charge in [0.25, 0.3) is 0 Å². The minimum atomic E-state index is 0.110. The zero-order valence-electron chi connectivity index (χ0n) is 7.73. The molecule has 70 valence electrons. The molecule has 1 aromatic rings. The lowest BCUT2D eigenvalue weighted by atomic mass is 10.2. The number of hydrogen-bond donors (Lipinski definition) is 0. The molecule has 1 fully saturated rings. The normalized spacial score (nSPS) is 22.9. The summed E-state index contributed by atoms with van der Waals surface area (Å²) < 4.78 is 0. The molecule has 1 saturated heterocycles. The van der Waals surface area contributed by atoms with Crippen molar-refractivity contribution >= 4 is 17.4 Å². The van der Waals surface area contributed by atoms with Gasteiger partial charge in [-0.3, -0.25) is 0 Å². The van der Waals surface area contributed by atoms with Gasteiger partial charge < -0.3 is 9.80 Å². The van der Waals surface area contributed by atoms with Crippen molar-refractivity contribution in [1.29, 1.82) is 0 Å². The van der Waals surface area contributed by atoms with Crippen molar-refractivity contribution in [2.45, 2.75) is 6.04 Å². The second-order valence-corrected chi connectivity index (χ2v) is 4.28. The van der Waals surface area contributed by atoms with Crippen LogP contribution in [0.4, 0.5) is 4.79 Å². The van der Waals surface area contributed by atoms with Crippen molar-refractivity contribution in [3.05, 3.63) is 22.4 Å². The van der Waals surface area contributed by atoms with Gasteiger partial charge in [0, 0.05) is 25.5 Å². The monoisotopic (exact) mass is 196 g/mol. The number of hydrogen-bond acceptors (Lipinski definition) is 2. The van der Waals surface area contributed by atoms with Crippen molar-refractivity contribution in [3.63, 3.8) is 0 Å². The van der Waals surface area contributed by atoms with E-state index in [1.165, 1.54) is 4.88 Å². The van der Waals surface area contributed by atoms with Crippen molar-refractivity contribution in [3.8, 4) is 0 Å². The van der Waals surface area contributed by atoms with E-state index in [9.17, 15) is 4.79 Å². The van der Waals surface area contributed by atoms with Crippen LogP contribution in [0.15, 0.2) is 17.5 Å². The molecule has 3 nitrogen and oxygen atoms in total. The van der Waals surface area contributed by atoms with Crippen LogP contribution in [0.25, 0.3) is 0 Å². The fourth-order valence-corrected chi connectivity index (χ4v) is 2.49. The lowest BCUT2D eigenvalue weighted by Gasteiger charge is -2.15. The van der Waals surface area contributed by atoms with Crippen LogP contribution >= 0.6 is 11.3 Å². The Bertz CT molecular complexity index is 309. The Morgan fingerprint density at radius 2 is 2.31 bits per heavy atom. The Labute approximate surface area is 81.6 Å². The number of rotatable bonds is 1. The van der Waals surface area contributed by atoms with Gasteiger partial charge in [0.1, 0.15) is 0 Å². The highest BCUT2D eigenvalue weighted by atomic mass is 32.1. The quantitative estimate of drug-likeness (QED) is 0.671. The summed E-state index contributed by atoms with van der Waals surface area (Å²) in [6, 6.07) is 4.46. The maximum Gasteiger partial charge on any atom is 0.320 e. The van der Waals surface area contributed by atoms with Crippen LogP contribution in [0, 0.1) is 0 Å². The van der Waals surface area contributed by atoms with Crippen molar-refractivity contribution < 1.29 is 4.79 Å². The number of likely N-dealkylation sites (N-methyl/N-ethyl adjacent to an activating group) is 2. The van der Waals surface area contributed by atoms with Crippen molar-refractivity contribution in [2.24, 2.45) is 0 Å². The Morgan fingerprint density at radius 1 is 1.54 bits per heavy atom. The van der Waals surface area contributed by atoms with E-state index >= 15 is 0 Å². The molecule has 4 heteroatoms. The first-order valence-corrected chi connectivity index (χ1v) is 5.09. The molecule has 1 atom stereocenters. The van der Waals surface area contributed by atoms with Crippen LogP contribution < -0.4 is 0 Å². The molecule has 0 aliphatic carbocycles. The molecule has 2 rings (SSSR count). The number of amides is 2. The standard InChI is InChI=1S/C9H12N2OS/c1-10-6-7(11(2)9(10)12)8-4-3-5-13-8/h3-5,7H,6H2,1-2H3. The van der Waals surface area contributed by atoms with Crippen LogP contribution in [-0.4, -0.2) is 36.5 Å². The first-order valence-electron chi connectivity index (χ1n) is 4.21. The summed E-state index contributed by atoms with van der Waals surface area (Å²) in [7, 11) is 3.70. The van der Waals surface area contributed by atoms with E-state index in [1.54, 1.807) is 21.1 Å². The highest BCUT2D eigenvalue weighted by Gasteiger charge is 2.33. The summed E-state index contributed by atoms with van der Waals surface area (Å²) in [5.41, 5.74) is 0. The fourth-order valence-electron chi connectivity index (χ4n) is 1.62. The molecular weight excluding hydrogens is 184 g/mol. The molecule has 0 aromatic carbocycles. The molecule has 1 unspecified atom stereocenters. The Morgan fingerprint density at radius 3 is 2.77 bits per heavy atom. The summed E-state index contributed by atoms with van der Waals surface area (Å²) in [5, 5.41) is 2.05. The van der Waals surface area contributed by atoms with Gasteiger partial charge >= 0.3 is 6.03 Å². The summed E-state index contributed by atoms with van der Waals surface area (Å²) >= 11 is 1.71. The van der Waals surface area contributed by atoms with E-state index in [2.05, 4.69) is 6.07 Å². The Balaban J connectivity index is 2.23. The number of urea groups is 1. The molecule has 0 bridgehead atoms. The molecule has 1 aliphatic heterocycles. The molecular formula is C9H12N2OS. The van der Waals surface area contributed by atoms with Gasteiger partial charge in [-0.15, -0.1) is 11.3 Å². The van der Waals surface area contributed by atoms with Crippen molar-refractivity contribution in [2.75, 3.05) is 20.6 Å². The third-order valence-corrected chi connectivity index (χ3v) is 3.39. The third kappa shape index (κ3) is 1.31. The number of carbonyl (C=O) groups is 1. The molecule has 13 heavy (non-hydrogen) atoms. The number of nitrogens with zero attached hydrogens (tertiary/aromatic N) is 2. The first-order chi connectivity index (χ1) is 6.20. The molecule has 2 amide bonds. The molecule has 0 radical (unpaired) electrons. The van der Waals surface area contributed by atoms with Crippen LogP contribution in [0.5, 0.6) is 0 Å². The molecule has 1 aliphatic rings.